The number of hydrogen-bond donors (Lipinski definition) is 2. The van der Waals surface area contributed by atoms with Crippen LogP contribution in [0.2, 0.25) is 5.02 Å². The number of rotatable bonds is 6. The number of ether oxygens (including phenoxy) is 3. The van der Waals surface area contributed by atoms with Crippen molar-refractivity contribution in [3.63, 3.8) is 0 Å². The minimum Gasteiger partial charge on any atom is -0.468 e. The summed E-state index contributed by atoms with van der Waals surface area (Å²) in [5, 5.41) is 5.24. The van der Waals surface area contributed by atoms with Gasteiger partial charge in [0.2, 0.25) is 6.79 Å². The van der Waals surface area contributed by atoms with Gasteiger partial charge < -0.3 is 24.8 Å². The summed E-state index contributed by atoms with van der Waals surface area (Å²) in [7, 11) is 1.21. The zero-order valence-electron chi connectivity index (χ0n) is 14.9. The molecular weight excluding hydrogens is 388 g/mol. The van der Waals surface area contributed by atoms with Gasteiger partial charge in [-0.2, -0.15) is 0 Å². The molecule has 146 valence electrons. The number of fused-ring (bicyclic) bond motifs is 1. The molecule has 0 aromatic heterocycles. The van der Waals surface area contributed by atoms with Crippen LogP contribution in [-0.2, 0) is 16.1 Å². The fourth-order valence-electron chi connectivity index (χ4n) is 2.59. The lowest BCUT2D eigenvalue weighted by molar-refractivity contribution is -0.139. The Balaban J connectivity index is 1.72. The third-order valence-electron chi connectivity index (χ3n) is 4.00. The van der Waals surface area contributed by atoms with Crippen LogP contribution in [0.3, 0.4) is 0 Å². The van der Waals surface area contributed by atoms with Crippen LogP contribution in [0, 0.1) is 0 Å². The Kier molecular flexibility index (Phi) is 6.00. The van der Waals surface area contributed by atoms with E-state index in [1.165, 1.54) is 19.2 Å². The van der Waals surface area contributed by atoms with Gasteiger partial charge >= 0.3 is 5.97 Å². The number of benzene rings is 2. The molecule has 2 amide bonds. The monoisotopic (exact) mass is 404 g/mol. The number of carbonyl (C=O) groups excluding carboxylic acids is 3. The van der Waals surface area contributed by atoms with Crippen LogP contribution < -0.4 is 20.1 Å². The number of methoxy groups -OCH3 is 1. The van der Waals surface area contributed by atoms with E-state index >= 15 is 0 Å². The Labute approximate surface area is 165 Å². The van der Waals surface area contributed by atoms with Crippen molar-refractivity contribution in [2.45, 2.75) is 6.54 Å². The maximum Gasteiger partial charge on any atom is 0.325 e. The highest BCUT2D eigenvalue weighted by Gasteiger charge is 2.21. The van der Waals surface area contributed by atoms with Gasteiger partial charge in [-0.1, -0.05) is 23.7 Å². The van der Waals surface area contributed by atoms with Crippen LogP contribution in [0.25, 0.3) is 0 Å². The van der Waals surface area contributed by atoms with Crippen LogP contribution in [0.1, 0.15) is 26.3 Å². The number of hydrogen-bond acceptors (Lipinski definition) is 6. The number of halogens is 1. The molecule has 0 aliphatic carbocycles. The molecule has 3 rings (SSSR count). The minimum absolute atomic E-state index is 0.0206. The molecule has 1 aliphatic rings. The predicted molar refractivity (Wildman–Crippen MR) is 99.5 cm³/mol. The molecular formula is C19H17ClN2O6. The largest absolute Gasteiger partial charge is 0.468 e. The molecule has 1 heterocycles. The van der Waals surface area contributed by atoms with E-state index in [1.807, 2.05) is 0 Å². The molecule has 9 heteroatoms. The summed E-state index contributed by atoms with van der Waals surface area (Å²) in [6.07, 6.45) is 0. The number of esters is 1. The summed E-state index contributed by atoms with van der Waals surface area (Å²) >= 11 is 6.15. The van der Waals surface area contributed by atoms with Crippen molar-refractivity contribution in [3.8, 4) is 11.5 Å². The number of amides is 2. The predicted octanol–water partition coefficient (Wildman–Crippen LogP) is 1.90. The van der Waals surface area contributed by atoms with Crippen molar-refractivity contribution >= 4 is 29.4 Å². The SMILES string of the molecule is COC(=O)CNC(=O)c1cccc(Cl)c1C(=O)NCc1ccc2c(c1)OCO2. The first kappa shape index (κ1) is 19.5. The van der Waals surface area contributed by atoms with Gasteiger partial charge in [0.05, 0.1) is 23.3 Å². The zero-order valence-corrected chi connectivity index (χ0v) is 15.7. The summed E-state index contributed by atoms with van der Waals surface area (Å²) in [6.45, 7) is 0.0405. The minimum atomic E-state index is -0.610. The Morgan fingerprint density at radius 3 is 2.64 bits per heavy atom. The van der Waals surface area contributed by atoms with E-state index in [0.717, 1.165) is 5.56 Å². The standard InChI is InChI=1S/C19H17ClN2O6/c1-26-16(23)9-22-18(24)12-3-2-4-13(20)17(12)19(25)21-8-11-5-6-14-15(7-11)28-10-27-14/h2-7H,8-10H2,1H3,(H,21,25)(H,22,24). The Hall–Kier alpha value is -3.26. The Bertz CT molecular complexity index is 931. The molecule has 8 nitrogen and oxygen atoms in total. The molecule has 28 heavy (non-hydrogen) atoms. The Morgan fingerprint density at radius 1 is 1.07 bits per heavy atom. The van der Waals surface area contributed by atoms with Gasteiger partial charge in [-0.25, -0.2) is 0 Å². The first-order valence-electron chi connectivity index (χ1n) is 8.30. The van der Waals surface area contributed by atoms with Gasteiger partial charge in [-0.05, 0) is 29.8 Å². The first-order chi connectivity index (χ1) is 13.5. The van der Waals surface area contributed by atoms with Gasteiger partial charge in [0, 0.05) is 6.54 Å². The average molecular weight is 405 g/mol. The van der Waals surface area contributed by atoms with Crippen molar-refractivity contribution in [3.05, 3.63) is 58.1 Å². The highest BCUT2D eigenvalue weighted by atomic mass is 35.5. The van der Waals surface area contributed by atoms with Crippen molar-refractivity contribution in [2.75, 3.05) is 20.4 Å². The topological polar surface area (TPSA) is 103 Å². The second-order valence-electron chi connectivity index (χ2n) is 5.79. The van der Waals surface area contributed by atoms with E-state index in [0.29, 0.717) is 11.5 Å². The molecule has 0 bridgehead atoms. The van der Waals surface area contributed by atoms with Gasteiger partial charge in [0.1, 0.15) is 6.54 Å². The normalized spacial score (nSPS) is 11.6. The number of nitrogens with one attached hydrogen (secondary N) is 2. The number of carbonyl (C=O) groups is 3. The molecule has 0 atom stereocenters. The summed E-state index contributed by atoms with van der Waals surface area (Å²) in [6, 6.07) is 9.82. The molecule has 2 aromatic rings. The van der Waals surface area contributed by atoms with E-state index in [4.69, 9.17) is 21.1 Å². The van der Waals surface area contributed by atoms with Crippen LogP contribution in [0.5, 0.6) is 11.5 Å². The van der Waals surface area contributed by atoms with E-state index in [1.54, 1.807) is 24.3 Å². The average Bonchev–Trinajstić information content (AvgIpc) is 3.17. The van der Waals surface area contributed by atoms with Crippen molar-refractivity contribution < 1.29 is 28.6 Å². The van der Waals surface area contributed by atoms with Gasteiger partial charge in [0.15, 0.2) is 11.5 Å². The fraction of sp³-hybridized carbons (Fsp3) is 0.211. The third-order valence-corrected chi connectivity index (χ3v) is 4.31. The summed E-state index contributed by atoms with van der Waals surface area (Å²) in [4.78, 5) is 36.2. The lowest BCUT2D eigenvalue weighted by Gasteiger charge is -2.12. The summed E-state index contributed by atoms with van der Waals surface area (Å²) in [5.41, 5.74) is 0.869. The smallest absolute Gasteiger partial charge is 0.325 e. The second-order valence-corrected chi connectivity index (χ2v) is 6.20. The van der Waals surface area contributed by atoms with E-state index < -0.39 is 17.8 Å². The molecule has 2 N–H and O–H groups in total. The van der Waals surface area contributed by atoms with Crippen molar-refractivity contribution in [1.82, 2.24) is 10.6 Å². The van der Waals surface area contributed by atoms with Crippen LogP contribution in [-0.4, -0.2) is 38.2 Å². The van der Waals surface area contributed by atoms with E-state index in [9.17, 15) is 14.4 Å². The van der Waals surface area contributed by atoms with Crippen LogP contribution >= 0.6 is 11.6 Å². The first-order valence-corrected chi connectivity index (χ1v) is 8.67. The van der Waals surface area contributed by atoms with E-state index in [2.05, 4.69) is 15.4 Å². The third kappa shape index (κ3) is 4.34. The van der Waals surface area contributed by atoms with Crippen LogP contribution in [0.4, 0.5) is 0 Å². The second kappa shape index (κ2) is 8.62. The summed E-state index contributed by atoms with van der Waals surface area (Å²) in [5.74, 6) is -0.491. The molecule has 0 fully saturated rings. The Morgan fingerprint density at radius 2 is 1.86 bits per heavy atom. The molecule has 0 saturated heterocycles. The molecule has 0 spiro atoms. The van der Waals surface area contributed by atoms with Crippen molar-refractivity contribution in [2.24, 2.45) is 0 Å². The molecule has 2 aromatic carbocycles. The summed E-state index contributed by atoms with van der Waals surface area (Å²) < 4.78 is 15.0. The molecule has 0 saturated carbocycles. The quantitative estimate of drug-likeness (QED) is 0.713. The highest BCUT2D eigenvalue weighted by Crippen LogP contribution is 2.32. The maximum absolute atomic E-state index is 12.7. The maximum atomic E-state index is 12.7. The van der Waals surface area contributed by atoms with Gasteiger partial charge in [0.25, 0.3) is 11.8 Å². The lowest BCUT2D eigenvalue weighted by Crippen LogP contribution is -2.33. The highest BCUT2D eigenvalue weighted by molar-refractivity contribution is 6.34. The zero-order chi connectivity index (χ0) is 20.1. The van der Waals surface area contributed by atoms with E-state index in [-0.39, 0.29) is 36.0 Å². The van der Waals surface area contributed by atoms with Crippen molar-refractivity contribution in [1.29, 1.82) is 0 Å². The molecule has 0 radical (unpaired) electrons. The van der Waals surface area contributed by atoms with Gasteiger partial charge in [-0.3, -0.25) is 14.4 Å². The molecule has 0 unspecified atom stereocenters. The van der Waals surface area contributed by atoms with Crippen LogP contribution in [0.15, 0.2) is 36.4 Å². The lowest BCUT2D eigenvalue weighted by atomic mass is 10.1. The fourth-order valence-corrected chi connectivity index (χ4v) is 2.85. The van der Waals surface area contributed by atoms with Gasteiger partial charge in [-0.15, -0.1) is 0 Å². The molecule has 1 aliphatic heterocycles.